The minimum absolute atomic E-state index is 0.535. The molecule has 0 radical (unpaired) electrons. The zero-order valence-electron chi connectivity index (χ0n) is 9.33. The van der Waals surface area contributed by atoms with Gasteiger partial charge in [-0.1, -0.05) is 29.5 Å². The van der Waals surface area contributed by atoms with Gasteiger partial charge in [-0.2, -0.15) is 0 Å². The second kappa shape index (κ2) is 6.22. The summed E-state index contributed by atoms with van der Waals surface area (Å²) in [5.74, 6) is 0.859. The molecule has 5 heteroatoms. The van der Waals surface area contributed by atoms with E-state index in [9.17, 15) is 0 Å². The second-order valence-corrected chi connectivity index (χ2v) is 4.53. The summed E-state index contributed by atoms with van der Waals surface area (Å²) in [4.78, 5) is 4.98. The van der Waals surface area contributed by atoms with Gasteiger partial charge in [-0.3, -0.25) is 0 Å². The van der Waals surface area contributed by atoms with Crippen LogP contribution < -0.4 is 10.5 Å². The third-order valence-corrected chi connectivity index (χ3v) is 2.86. The van der Waals surface area contributed by atoms with Crippen molar-refractivity contribution in [2.45, 2.75) is 6.61 Å². The predicted octanol–water partition coefficient (Wildman–Crippen LogP) is 2.32. The Hall–Kier alpha value is -1.59. The number of hydrogen-bond donors (Lipinski definition) is 1. The zero-order valence-corrected chi connectivity index (χ0v) is 10.2. The van der Waals surface area contributed by atoms with E-state index in [1.807, 2.05) is 30.3 Å². The number of nitrogen functional groups attached to an aromatic ring is 1. The molecule has 90 valence electrons. The molecule has 0 aliphatic carbocycles. The Morgan fingerprint density at radius 2 is 2.00 bits per heavy atom. The molecule has 0 saturated carbocycles. The van der Waals surface area contributed by atoms with Crippen LogP contribution in [0.25, 0.3) is 0 Å². The van der Waals surface area contributed by atoms with E-state index in [1.165, 1.54) is 11.3 Å². The number of hydrogen-bond acceptors (Lipinski definition) is 5. The number of anilines is 1. The minimum atomic E-state index is 0.535. The van der Waals surface area contributed by atoms with Gasteiger partial charge in [-0.15, -0.1) is 0 Å². The first-order valence-electron chi connectivity index (χ1n) is 5.30. The highest BCUT2D eigenvalue weighted by Crippen LogP contribution is 2.15. The molecule has 1 aromatic carbocycles. The highest BCUT2D eigenvalue weighted by atomic mass is 32.1. The lowest BCUT2D eigenvalue weighted by molar-refractivity contribution is 0.0904. The second-order valence-electron chi connectivity index (χ2n) is 3.38. The van der Waals surface area contributed by atoms with Crippen LogP contribution in [0.2, 0.25) is 0 Å². The maximum Gasteiger partial charge on any atom is 0.180 e. The maximum absolute atomic E-state index is 5.51. The number of para-hydroxylation sites is 1. The molecule has 1 aromatic heterocycles. The summed E-state index contributed by atoms with van der Waals surface area (Å²) in [7, 11) is 0. The van der Waals surface area contributed by atoms with Gasteiger partial charge in [-0.05, 0) is 12.1 Å². The molecule has 2 rings (SSSR count). The van der Waals surface area contributed by atoms with Gasteiger partial charge in [0.15, 0.2) is 5.13 Å². The first-order valence-corrected chi connectivity index (χ1v) is 6.12. The van der Waals surface area contributed by atoms with Crippen molar-refractivity contribution in [3.05, 3.63) is 41.4 Å². The smallest absolute Gasteiger partial charge is 0.180 e. The molecule has 0 unspecified atom stereocenters. The molecule has 0 atom stereocenters. The number of aromatic nitrogens is 1. The Kier molecular flexibility index (Phi) is 4.35. The van der Waals surface area contributed by atoms with Crippen LogP contribution in [0.4, 0.5) is 5.13 Å². The van der Waals surface area contributed by atoms with Gasteiger partial charge in [0.1, 0.15) is 12.4 Å². The van der Waals surface area contributed by atoms with Gasteiger partial charge in [-0.25, -0.2) is 4.98 Å². The number of nitrogens with two attached hydrogens (primary N) is 1. The van der Waals surface area contributed by atoms with E-state index in [0.29, 0.717) is 25.0 Å². The molecule has 0 fully saturated rings. The van der Waals surface area contributed by atoms with Crippen molar-refractivity contribution in [2.24, 2.45) is 0 Å². The highest BCUT2D eigenvalue weighted by molar-refractivity contribution is 7.15. The molecule has 0 aliphatic heterocycles. The zero-order chi connectivity index (χ0) is 11.9. The van der Waals surface area contributed by atoms with Crippen molar-refractivity contribution < 1.29 is 9.47 Å². The molecule has 0 spiro atoms. The van der Waals surface area contributed by atoms with E-state index < -0.39 is 0 Å². The molecule has 0 saturated heterocycles. The van der Waals surface area contributed by atoms with Gasteiger partial charge in [0.2, 0.25) is 0 Å². The lowest BCUT2D eigenvalue weighted by Gasteiger charge is -2.05. The molecule has 0 bridgehead atoms. The number of ether oxygens (including phenoxy) is 2. The summed E-state index contributed by atoms with van der Waals surface area (Å²) < 4.78 is 10.9. The number of benzene rings is 1. The Morgan fingerprint density at radius 1 is 1.18 bits per heavy atom. The maximum atomic E-state index is 5.51. The average molecular weight is 250 g/mol. The van der Waals surface area contributed by atoms with Gasteiger partial charge < -0.3 is 15.2 Å². The first-order chi connectivity index (χ1) is 8.34. The van der Waals surface area contributed by atoms with E-state index in [4.69, 9.17) is 15.2 Å². The van der Waals surface area contributed by atoms with Crippen LogP contribution in [0.5, 0.6) is 5.75 Å². The monoisotopic (exact) mass is 250 g/mol. The van der Waals surface area contributed by atoms with Crippen LogP contribution in [-0.2, 0) is 11.3 Å². The SMILES string of the molecule is Nc1ncc(COCCOc2ccccc2)s1. The molecule has 0 aliphatic rings. The van der Waals surface area contributed by atoms with Gasteiger partial charge >= 0.3 is 0 Å². The Morgan fingerprint density at radius 3 is 2.71 bits per heavy atom. The molecule has 17 heavy (non-hydrogen) atoms. The summed E-state index contributed by atoms with van der Waals surface area (Å²) in [5.41, 5.74) is 5.51. The third kappa shape index (κ3) is 4.05. The van der Waals surface area contributed by atoms with Crippen molar-refractivity contribution in [1.29, 1.82) is 0 Å². The molecule has 2 aromatic rings. The number of thiazole rings is 1. The lowest BCUT2D eigenvalue weighted by atomic mass is 10.3. The number of rotatable bonds is 6. The van der Waals surface area contributed by atoms with Crippen LogP contribution in [0.3, 0.4) is 0 Å². The Balaban J connectivity index is 1.61. The molecule has 2 N–H and O–H groups in total. The summed E-state index contributed by atoms with van der Waals surface area (Å²) >= 11 is 1.44. The fraction of sp³-hybridized carbons (Fsp3) is 0.250. The number of nitrogens with zero attached hydrogens (tertiary/aromatic N) is 1. The summed E-state index contributed by atoms with van der Waals surface area (Å²) in [5, 5.41) is 0.573. The van der Waals surface area contributed by atoms with Crippen molar-refractivity contribution in [1.82, 2.24) is 4.98 Å². The Bertz CT molecular complexity index is 445. The van der Waals surface area contributed by atoms with Crippen molar-refractivity contribution >= 4 is 16.5 Å². The molecule has 4 nitrogen and oxygen atoms in total. The van der Waals surface area contributed by atoms with Crippen molar-refractivity contribution in [3.63, 3.8) is 0 Å². The topological polar surface area (TPSA) is 57.4 Å². The standard InChI is InChI=1S/C12H14N2O2S/c13-12-14-8-11(17-12)9-15-6-7-16-10-4-2-1-3-5-10/h1-5,8H,6-7,9H2,(H2,13,14). The largest absolute Gasteiger partial charge is 0.491 e. The van der Waals surface area contributed by atoms with E-state index in [-0.39, 0.29) is 0 Å². The normalized spacial score (nSPS) is 10.4. The van der Waals surface area contributed by atoms with E-state index in [2.05, 4.69) is 4.98 Å². The van der Waals surface area contributed by atoms with Gasteiger partial charge in [0.25, 0.3) is 0 Å². The molecule has 0 amide bonds. The highest BCUT2D eigenvalue weighted by Gasteiger charge is 1.98. The van der Waals surface area contributed by atoms with Crippen LogP contribution in [-0.4, -0.2) is 18.2 Å². The van der Waals surface area contributed by atoms with Crippen molar-refractivity contribution in [3.8, 4) is 5.75 Å². The molecular formula is C12H14N2O2S. The van der Waals surface area contributed by atoms with Crippen LogP contribution >= 0.6 is 11.3 Å². The molecular weight excluding hydrogens is 236 g/mol. The average Bonchev–Trinajstić information content (AvgIpc) is 2.76. The lowest BCUT2D eigenvalue weighted by Crippen LogP contribution is -2.06. The first kappa shape index (κ1) is 11.9. The fourth-order valence-electron chi connectivity index (χ4n) is 1.30. The van der Waals surface area contributed by atoms with E-state index >= 15 is 0 Å². The minimum Gasteiger partial charge on any atom is -0.491 e. The third-order valence-electron chi connectivity index (χ3n) is 2.06. The summed E-state index contributed by atoms with van der Waals surface area (Å²) in [6, 6.07) is 9.68. The quantitative estimate of drug-likeness (QED) is 0.799. The van der Waals surface area contributed by atoms with E-state index in [0.717, 1.165) is 10.6 Å². The summed E-state index contributed by atoms with van der Waals surface area (Å²) in [6.45, 7) is 1.62. The van der Waals surface area contributed by atoms with Crippen LogP contribution in [0.1, 0.15) is 4.88 Å². The predicted molar refractivity (Wildman–Crippen MR) is 68.1 cm³/mol. The fourth-order valence-corrected chi connectivity index (χ4v) is 1.92. The molecule has 1 heterocycles. The van der Waals surface area contributed by atoms with Gasteiger partial charge in [0.05, 0.1) is 18.1 Å². The van der Waals surface area contributed by atoms with Gasteiger partial charge in [0, 0.05) is 6.20 Å². The van der Waals surface area contributed by atoms with Crippen LogP contribution in [0, 0.1) is 0 Å². The van der Waals surface area contributed by atoms with E-state index in [1.54, 1.807) is 6.20 Å². The Labute approximate surface area is 104 Å². The summed E-state index contributed by atoms with van der Waals surface area (Å²) in [6.07, 6.45) is 1.73. The van der Waals surface area contributed by atoms with Crippen molar-refractivity contribution in [2.75, 3.05) is 18.9 Å². The van der Waals surface area contributed by atoms with Crippen LogP contribution in [0.15, 0.2) is 36.5 Å².